The van der Waals surface area contributed by atoms with E-state index in [-0.39, 0.29) is 0 Å². The van der Waals surface area contributed by atoms with Crippen molar-refractivity contribution in [3.63, 3.8) is 0 Å². The highest BCUT2D eigenvalue weighted by Gasteiger charge is 2.11. The maximum atomic E-state index is 11.5. The number of hydrogen-bond acceptors (Lipinski definition) is 4. The second-order valence-corrected chi connectivity index (χ2v) is 3.44. The van der Waals surface area contributed by atoms with Crippen molar-refractivity contribution in [2.75, 3.05) is 6.61 Å². The zero-order chi connectivity index (χ0) is 11.8. The van der Waals surface area contributed by atoms with Gasteiger partial charge in [-0.15, -0.1) is 0 Å². The van der Waals surface area contributed by atoms with Crippen molar-refractivity contribution in [3.05, 3.63) is 30.1 Å². The van der Waals surface area contributed by atoms with E-state index in [1.54, 1.807) is 25.3 Å². The van der Waals surface area contributed by atoms with Crippen LogP contribution in [0.25, 0.3) is 0 Å². The maximum Gasteiger partial charge on any atom is 0.341 e. The summed E-state index contributed by atoms with van der Waals surface area (Å²) in [5, 5.41) is 0. The average Bonchev–Trinajstić information content (AvgIpc) is 2.30. The van der Waals surface area contributed by atoms with Crippen LogP contribution in [0.3, 0.4) is 0 Å². The summed E-state index contributed by atoms with van der Waals surface area (Å²) >= 11 is 0. The molecule has 0 fully saturated rings. The minimum Gasteiger partial charge on any atom is -0.432 e. The van der Waals surface area contributed by atoms with Gasteiger partial charge < -0.3 is 9.47 Å². The van der Waals surface area contributed by atoms with Gasteiger partial charge in [-0.2, -0.15) is 0 Å². The number of pyridine rings is 1. The molecule has 0 amide bonds. The number of rotatable bonds is 6. The molecule has 16 heavy (non-hydrogen) atoms. The Balaban J connectivity index is 2.34. The lowest BCUT2D eigenvalue weighted by molar-refractivity contribution is -0.0985. The molecule has 0 spiro atoms. The number of ether oxygens (including phenoxy) is 2. The number of aromatic nitrogens is 1. The van der Waals surface area contributed by atoms with Gasteiger partial charge in [0.1, 0.15) is 0 Å². The van der Waals surface area contributed by atoms with Gasteiger partial charge in [-0.25, -0.2) is 4.79 Å². The summed E-state index contributed by atoms with van der Waals surface area (Å²) in [7, 11) is 0. The molecule has 1 rings (SSSR count). The molecule has 1 aromatic rings. The number of carbonyl (C=O) groups excluding carboxylic acids is 1. The van der Waals surface area contributed by atoms with Crippen molar-refractivity contribution in [2.45, 2.75) is 33.0 Å². The first-order valence-electron chi connectivity index (χ1n) is 5.46. The number of nitrogens with zero attached hydrogens (tertiary/aromatic N) is 1. The minimum atomic E-state index is -0.515. The summed E-state index contributed by atoms with van der Waals surface area (Å²) in [5.74, 6) is -0.405. The Labute approximate surface area is 95.6 Å². The van der Waals surface area contributed by atoms with Crippen LogP contribution in [-0.4, -0.2) is 23.9 Å². The first-order chi connectivity index (χ1) is 7.74. The van der Waals surface area contributed by atoms with E-state index >= 15 is 0 Å². The molecule has 0 aliphatic rings. The van der Waals surface area contributed by atoms with Gasteiger partial charge in [0.25, 0.3) is 0 Å². The van der Waals surface area contributed by atoms with Crippen LogP contribution >= 0.6 is 0 Å². The molecule has 0 bridgehead atoms. The molecular formula is C12H17NO3. The quantitative estimate of drug-likeness (QED) is 0.422. The zero-order valence-electron chi connectivity index (χ0n) is 9.68. The van der Waals surface area contributed by atoms with E-state index < -0.39 is 12.3 Å². The molecular weight excluding hydrogens is 206 g/mol. The Hall–Kier alpha value is -1.42. The summed E-state index contributed by atoms with van der Waals surface area (Å²) < 4.78 is 10.4. The monoisotopic (exact) mass is 223 g/mol. The van der Waals surface area contributed by atoms with Gasteiger partial charge >= 0.3 is 5.97 Å². The van der Waals surface area contributed by atoms with Crippen LogP contribution in [0.15, 0.2) is 24.5 Å². The van der Waals surface area contributed by atoms with E-state index in [0.717, 1.165) is 12.8 Å². The third kappa shape index (κ3) is 4.40. The van der Waals surface area contributed by atoms with Crippen molar-refractivity contribution in [1.82, 2.24) is 4.98 Å². The van der Waals surface area contributed by atoms with Gasteiger partial charge in [0, 0.05) is 12.4 Å². The van der Waals surface area contributed by atoms with Crippen molar-refractivity contribution in [2.24, 2.45) is 0 Å². The normalized spacial score (nSPS) is 12.1. The maximum absolute atomic E-state index is 11.5. The van der Waals surface area contributed by atoms with Gasteiger partial charge in [0.2, 0.25) is 0 Å². The summed E-state index contributed by atoms with van der Waals surface area (Å²) in [4.78, 5) is 15.4. The summed E-state index contributed by atoms with van der Waals surface area (Å²) in [6.07, 6.45) is 4.59. The van der Waals surface area contributed by atoms with Crippen molar-refractivity contribution in [3.8, 4) is 0 Å². The highest BCUT2D eigenvalue weighted by molar-refractivity contribution is 5.88. The van der Waals surface area contributed by atoms with Crippen LogP contribution in [0, 0.1) is 0 Å². The van der Waals surface area contributed by atoms with Crippen molar-refractivity contribution >= 4 is 5.97 Å². The van der Waals surface area contributed by atoms with Gasteiger partial charge in [0.15, 0.2) is 6.29 Å². The fourth-order valence-electron chi connectivity index (χ4n) is 1.13. The van der Waals surface area contributed by atoms with Crippen LogP contribution in [0.2, 0.25) is 0 Å². The largest absolute Gasteiger partial charge is 0.432 e. The molecule has 0 saturated heterocycles. The molecule has 1 heterocycles. The number of hydrogen-bond donors (Lipinski definition) is 0. The lowest BCUT2D eigenvalue weighted by Crippen LogP contribution is -2.18. The topological polar surface area (TPSA) is 48.4 Å². The lowest BCUT2D eigenvalue weighted by atomic mass is 10.3. The van der Waals surface area contributed by atoms with Gasteiger partial charge in [0.05, 0.1) is 12.2 Å². The molecule has 1 aromatic heterocycles. The zero-order valence-corrected chi connectivity index (χ0v) is 9.68. The van der Waals surface area contributed by atoms with E-state index in [9.17, 15) is 4.79 Å². The predicted octanol–water partition coefficient (Wildman–Crippen LogP) is 2.40. The van der Waals surface area contributed by atoms with Gasteiger partial charge in [-0.3, -0.25) is 4.98 Å². The first-order valence-corrected chi connectivity index (χ1v) is 5.46. The summed E-state index contributed by atoms with van der Waals surface area (Å²) in [6, 6.07) is 3.35. The van der Waals surface area contributed by atoms with Crippen molar-refractivity contribution < 1.29 is 14.3 Å². The molecule has 1 unspecified atom stereocenters. The molecule has 4 heteroatoms. The van der Waals surface area contributed by atoms with Crippen molar-refractivity contribution in [1.29, 1.82) is 0 Å². The standard InChI is InChI=1S/C12H17NO3/c1-3-4-8-15-10(2)16-12(14)11-6-5-7-13-9-11/h5-7,9-10H,3-4,8H2,1-2H3. The van der Waals surface area contributed by atoms with E-state index in [2.05, 4.69) is 11.9 Å². The SMILES string of the molecule is CCCCOC(C)OC(=O)c1cccnc1. The molecule has 88 valence electrons. The third-order valence-corrected chi connectivity index (χ3v) is 2.02. The van der Waals surface area contributed by atoms with E-state index in [1.807, 2.05) is 0 Å². The highest BCUT2D eigenvalue weighted by Crippen LogP contribution is 2.03. The smallest absolute Gasteiger partial charge is 0.341 e. The second-order valence-electron chi connectivity index (χ2n) is 3.44. The van der Waals surface area contributed by atoms with Crippen LogP contribution in [-0.2, 0) is 9.47 Å². The molecule has 0 aliphatic heterocycles. The Morgan fingerprint density at radius 2 is 2.38 bits per heavy atom. The Morgan fingerprint density at radius 1 is 1.56 bits per heavy atom. The fourth-order valence-corrected chi connectivity index (χ4v) is 1.13. The van der Waals surface area contributed by atoms with Crippen LogP contribution < -0.4 is 0 Å². The Morgan fingerprint density at radius 3 is 3.00 bits per heavy atom. The van der Waals surface area contributed by atoms with E-state index in [0.29, 0.717) is 12.2 Å². The summed E-state index contributed by atoms with van der Waals surface area (Å²) in [5.41, 5.74) is 0.438. The Kier molecular flexibility index (Phi) is 5.50. The van der Waals surface area contributed by atoms with Gasteiger partial charge in [-0.05, 0) is 25.5 Å². The number of carbonyl (C=O) groups is 1. The third-order valence-electron chi connectivity index (χ3n) is 2.02. The minimum absolute atomic E-state index is 0.405. The van der Waals surface area contributed by atoms with Gasteiger partial charge in [-0.1, -0.05) is 13.3 Å². The van der Waals surface area contributed by atoms with Crippen LogP contribution in [0.5, 0.6) is 0 Å². The molecule has 0 aliphatic carbocycles. The lowest BCUT2D eigenvalue weighted by Gasteiger charge is -2.13. The fraction of sp³-hybridized carbons (Fsp3) is 0.500. The molecule has 0 saturated carbocycles. The van der Waals surface area contributed by atoms with E-state index in [4.69, 9.17) is 9.47 Å². The Bertz CT molecular complexity index is 313. The number of esters is 1. The van der Waals surface area contributed by atoms with Crippen LogP contribution in [0.4, 0.5) is 0 Å². The number of unbranched alkanes of at least 4 members (excludes halogenated alkanes) is 1. The van der Waals surface area contributed by atoms with E-state index in [1.165, 1.54) is 6.20 Å². The summed E-state index contributed by atoms with van der Waals surface area (Å²) in [6.45, 7) is 4.40. The van der Waals surface area contributed by atoms with Crippen LogP contribution in [0.1, 0.15) is 37.0 Å². The highest BCUT2D eigenvalue weighted by atomic mass is 16.7. The second kappa shape index (κ2) is 6.95. The average molecular weight is 223 g/mol. The molecule has 0 radical (unpaired) electrons. The molecule has 1 atom stereocenters. The molecule has 4 nitrogen and oxygen atoms in total. The first kappa shape index (κ1) is 12.6. The predicted molar refractivity (Wildman–Crippen MR) is 60.0 cm³/mol. The molecule has 0 aromatic carbocycles. The molecule has 0 N–H and O–H groups in total.